The minimum absolute atomic E-state index is 0.0863. The van der Waals surface area contributed by atoms with Gasteiger partial charge in [-0.15, -0.1) is 0 Å². The van der Waals surface area contributed by atoms with E-state index in [1.165, 1.54) is 6.07 Å². The van der Waals surface area contributed by atoms with Crippen molar-refractivity contribution >= 4 is 27.3 Å². The van der Waals surface area contributed by atoms with Gasteiger partial charge >= 0.3 is 0 Å². The number of sulfonamides is 1. The van der Waals surface area contributed by atoms with E-state index in [0.29, 0.717) is 6.61 Å². The maximum Gasteiger partial charge on any atom is 0.290 e. The van der Waals surface area contributed by atoms with Crippen molar-refractivity contribution in [2.45, 2.75) is 23.3 Å². The van der Waals surface area contributed by atoms with Gasteiger partial charge in [-0.1, -0.05) is 11.6 Å². The second-order valence-electron chi connectivity index (χ2n) is 5.44. The van der Waals surface area contributed by atoms with Crippen molar-refractivity contribution in [2.75, 3.05) is 26.8 Å². The van der Waals surface area contributed by atoms with Crippen molar-refractivity contribution in [3.63, 3.8) is 0 Å². The monoisotopic (exact) mass is 363 g/mol. The molecule has 1 atom stereocenters. The topological polar surface area (TPSA) is 111 Å². The van der Waals surface area contributed by atoms with E-state index in [0.717, 1.165) is 31.5 Å². The molecule has 1 heterocycles. The van der Waals surface area contributed by atoms with Crippen LogP contribution in [0.2, 0.25) is 5.02 Å². The van der Waals surface area contributed by atoms with Crippen LogP contribution in [0.15, 0.2) is 23.1 Å². The molecule has 128 valence electrons. The summed E-state index contributed by atoms with van der Waals surface area (Å²) in [6.45, 7) is 1.20. The summed E-state index contributed by atoms with van der Waals surface area (Å²) in [5, 5.41) is 14.4. The van der Waals surface area contributed by atoms with Crippen molar-refractivity contribution in [1.82, 2.24) is 10.0 Å². The van der Waals surface area contributed by atoms with Gasteiger partial charge in [0.05, 0.1) is 17.1 Å². The molecule has 0 aromatic heterocycles. The van der Waals surface area contributed by atoms with Gasteiger partial charge in [-0.2, -0.15) is 0 Å². The molecule has 0 bridgehead atoms. The second-order valence-corrected chi connectivity index (χ2v) is 7.61. The molecule has 1 aliphatic heterocycles. The molecule has 8 nitrogen and oxygen atoms in total. The third-order valence-corrected chi connectivity index (χ3v) is 5.44. The highest BCUT2D eigenvalue weighted by molar-refractivity contribution is 7.89. The molecule has 1 fully saturated rings. The Hall–Kier alpha value is -1.26. The predicted molar refractivity (Wildman–Crippen MR) is 85.1 cm³/mol. The number of hydrogen-bond donors (Lipinski definition) is 2. The van der Waals surface area contributed by atoms with Gasteiger partial charge in [0.1, 0.15) is 0 Å². The lowest BCUT2D eigenvalue weighted by Gasteiger charge is -2.28. The number of nitrogens with one attached hydrogen (secondary N) is 2. The van der Waals surface area contributed by atoms with E-state index >= 15 is 0 Å². The van der Waals surface area contributed by atoms with E-state index in [1.54, 1.807) is 7.11 Å². The van der Waals surface area contributed by atoms with E-state index < -0.39 is 31.1 Å². The quantitative estimate of drug-likeness (QED) is 0.558. The first-order chi connectivity index (χ1) is 10.8. The van der Waals surface area contributed by atoms with Crippen LogP contribution in [0, 0.1) is 10.1 Å². The van der Waals surface area contributed by atoms with Crippen LogP contribution in [0.25, 0.3) is 0 Å². The molecule has 2 N–H and O–H groups in total. The number of halogens is 1. The van der Waals surface area contributed by atoms with Crippen LogP contribution in [-0.2, 0) is 14.8 Å². The van der Waals surface area contributed by atoms with Crippen molar-refractivity contribution in [1.29, 1.82) is 0 Å². The zero-order chi connectivity index (χ0) is 17.1. The molecular weight excluding hydrogens is 346 g/mol. The number of nitro groups is 1. The zero-order valence-electron chi connectivity index (χ0n) is 12.5. The fourth-order valence-electron chi connectivity index (χ4n) is 2.64. The molecule has 0 amide bonds. The first-order valence-electron chi connectivity index (χ1n) is 6.97. The highest BCUT2D eigenvalue weighted by Gasteiger charge is 2.36. The maximum atomic E-state index is 12.4. The normalized spacial score (nSPS) is 21.5. The van der Waals surface area contributed by atoms with Crippen molar-refractivity contribution in [3.8, 4) is 0 Å². The van der Waals surface area contributed by atoms with E-state index in [4.69, 9.17) is 16.3 Å². The van der Waals surface area contributed by atoms with Gasteiger partial charge in [0.2, 0.25) is 10.0 Å². The largest absolute Gasteiger partial charge is 0.383 e. The molecule has 2 rings (SSSR count). The van der Waals surface area contributed by atoms with Gasteiger partial charge in [0, 0.05) is 24.7 Å². The van der Waals surface area contributed by atoms with Crippen LogP contribution in [0.3, 0.4) is 0 Å². The molecule has 1 aromatic carbocycles. The summed E-state index contributed by atoms with van der Waals surface area (Å²) in [4.78, 5) is 9.90. The molecule has 0 aliphatic carbocycles. The molecule has 0 radical (unpaired) electrons. The molecule has 1 saturated heterocycles. The van der Waals surface area contributed by atoms with Gasteiger partial charge in [0.25, 0.3) is 5.69 Å². The molecule has 1 aliphatic rings. The Morgan fingerprint density at radius 1 is 1.52 bits per heavy atom. The number of nitro benzene ring substituents is 1. The van der Waals surface area contributed by atoms with E-state index in [-0.39, 0.29) is 11.6 Å². The van der Waals surface area contributed by atoms with E-state index in [9.17, 15) is 18.5 Å². The standard InChI is InChI=1S/C13H18ClN3O5S/c1-22-9-13(5-2-6-15-13)8-16-23(20,21)12-4-3-10(14)7-11(12)17(18)19/h3-4,7,15-16H,2,5-6,8-9H2,1H3. The van der Waals surface area contributed by atoms with Gasteiger partial charge < -0.3 is 10.1 Å². The van der Waals surface area contributed by atoms with Crippen LogP contribution in [0.1, 0.15) is 12.8 Å². The number of rotatable bonds is 7. The van der Waals surface area contributed by atoms with Gasteiger partial charge in [-0.3, -0.25) is 10.1 Å². The summed E-state index contributed by atoms with van der Waals surface area (Å²) in [6, 6.07) is 3.46. The van der Waals surface area contributed by atoms with E-state index in [2.05, 4.69) is 10.0 Å². The summed E-state index contributed by atoms with van der Waals surface area (Å²) in [5.74, 6) is 0. The minimum atomic E-state index is -4.04. The number of ether oxygens (including phenoxy) is 1. The summed E-state index contributed by atoms with van der Waals surface area (Å²) in [6.07, 6.45) is 1.66. The molecule has 23 heavy (non-hydrogen) atoms. The third kappa shape index (κ3) is 4.18. The summed E-state index contributed by atoms with van der Waals surface area (Å²) in [7, 11) is -2.50. The van der Waals surface area contributed by atoms with Crippen LogP contribution < -0.4 is 10.0 Å². The van der Waals surface area contributed by atoms with Crippen molar-refractivity contribution < 1.29 is 18.1 Å². The van der Waals surface area contributed by atoms with Crippen molar-refractivity contribution in [3.05, 3.63) is 33.3 Å². The SMILES string of the molecule is COCC1(CNS(=O)(=O)c2ccc(Cl)cc2[N+](=O)[O-])CCCN1. The molecule has 10 heteroatoms. The second kappa shape index (κ2) is 7.10. The Bertz CT molecular complexity index is 689. The Morgan fingerprint density at radius 2 is 2.26 bits per heavy atom. The molecule has 0 spiro atoms. The van der Waals surface area contributed by atoms with Crippen LogP contribution in [-0.4, -0.2) is 45.7 Å². The van der Waals surface area contributed by atoms with Crippen LogP contribution in [0.5, 0.6) is 0 Å². The Morgan fingerprint density at radius 3 is 2.83 bits per heavy atom. The fraction of sp³-hybridized carbons (Fsp3) is 0.538. The fourth-order valence-corrected chi connectivity index (χ4v) is 4.09. The first-order valence-corrected chi connectivity index (χ1v) is 8.83. The third-order valence-electron chi connectivity index (χ3n) is 3.76. The highest BCUT2D eigenvalue weighted by Crippen LogP contribution is 2.27. The minimum Gasteiger partial charge on any atom is -0.383 e. The van der Waals surface area contributed by atoms with Gasteiger partial charge in [-0.05, 0) is 31.5 Å². The number of methoxy groups -OCH3 is 1. The zero-order valence-corrected chi connectivity index (χ0v) is 14.1. The maximum absolute atomic E-state index is 12.4. The summed E-state index contributed by atoms with van der Waals surface area (Å²) >= 11 is 5.71. The van der Waals surface area contributed by atoms with Crippen LogP contribution >= 0.6 is 11.6 Å². The highest BCUT2D eigenvalue weighted by atomic mass is 35.5. The molecule has 0 saturated carbocycles. The molecule has 1 aromatic rings. The molecule has 1 unspecified atom stereocenters. The average molecular weight is 364 g/mol. The van der Waals surface area contributed by atoms with Crippen LogP contribution in [0.4, 0.5) is 5.69 Å². The van der Waals surface area contributed by atoms with Gasteiger partial charge in [-0.25, -0.2) is 13.1 Å². The number of hydrogen-bond acceptors (Lipinski definition) is 6. The first kappa shape index (κ1) is 18.1. The lowest BCUT2D eigenvalue weighted by Crippen LogP contribution is -2.52. The van der Waals surface area contributed by atoms with Crippen molar-refractivity contribution in [2.24, 2.45) is 0 Å². The summed E-state index contributed by atoms with van der Waals surface area (Å²) < 4.78 is 32.5. The smallest absolute Gasteiger partial charge is 0.290 e. The Labute approximate surface area is 139 Å². The van der Waals surface area contributed by atoms with E-state index in [1.807, 2.05) is 0 Å². The Balaban J connectivity index is 2.24. The predicted octanol–water partition coefficient (Wildman–Crippen LogP) is 1.30. The van der Waals surface area contributed by atoms with Gasteiger partial charge in [0.15, 0.2) is 4.90 Å². The number of nitrogens with zero attached hydrogens (tertiary/aromatic N) is 1. The molecular formula is C13H18ClN3O5S. The lowest BCUT2D eigenvalue weighted by molar-refractivity contribution is -0.387. The summed E-state index contributed by atoms with van der Waals surface area (Å²) in [5.41, 5.74) is -1.05. The lowest BCUT2D eigenvalue weighted by atomic mass is 9.99. The average Bonchev–Trinajstić information content (AvgIpc) is 2.94. The Kier molecular flexibility index (Phi) is 5.58. The number of benzene rings is 1.